The van der Waals surface area contributed by atoms with Gasteiger partial charge in [-0.2, -0.15) is 4.98 Å². The summed E-state index contributed by atoms with van der Waals surface area (Å²) in [7, 11) is 0.996. The van der Waals surface area contributed by atoms with E-state index in [4.69, 9.17) is 16.3 Å². The average Bonchev–Trinajstić information content (AvgIpc) is 3.00. The van der Waals surface area contributed by atoms with E-state index in [-0.39, 0.29) is 22.4 Å². The topological polar surface area (TPSA) is 85.9 Å². The molecule has 0 radical (unpaired) electrons. The Bertz CT molecular complexity index is 1610. The number of hydrogen-bond donors (Lipinski definition) is 2. The van der Waals surface area contributed by atoms with Gasteiger partial charge in [0.15, 0.2) is 5.82 Å². The molecule has 3 aromatic rings. The number of methoxy groups -OCH3 is 1. The van der Waals surface area contributed by atoms with Crippen LogP contribution < -0.4 is 25.6 Å². The maximum absolute atomic E-state index is 15.2. The minimum atomic E-state index is -3.10. The Morgan fingerprint density at radius 1 is 1.02 bits per heavy atom. The highest BCUT2D eigenvalue weighted by Crippen LogP contribution is 2.44. The van der Waals surface area contributed by atoms with Gasteiger partial charge in [0.2, 0.25) is 5.95 Å². The number of rotatable bonds is 9. The summed E-state index contributed by atoms with van der Waals surface area (Å²) in [6.07, 6.45) is 3.27. The van der Waals surface area contributed by atoms with Crippen molar-refractivity contribution >= 4 is 52.9 Å². The number of nitrogens with one attached hydrogen (secondary N) is 2. The molecular weight excluding hydrogens is 631 g/mol. The summed E-state index contributed by atoms with van der Waals surface area (Å²) in [6.45, 7) is 13.9. The molecule has 250 valence electrons. The lowest BCUT2D eigenvalue weighted by Crippen LogP contribution is -2.52. The molecule has 2 aliphatic heterocycles. The number of piperidine rings is 1. The van der Waals surface area contributed by atoms with Crippen LogP contribution in [0.15, 0.2) is 30.5 Å². The van der Waals surface area contributed by atoms with Gasteiger partial charge in [-0.3, -0.25) is 4.90 Å². The number of benzene rings is 2. The summed E-state index contributed by atoms with van der Waals surface area (Å²) < 4.78 is 49.3. The van der Waals surface area contributed by atoms with E-state index in [1.807, 2.05) is 30.9 Å². The largest absolute Gasteiger partial charge is 0.494 e. The molecule has 3 heterocycles. The third-order valence-corrected chi connectivity index (χ3v) is 11.1. The SMILES string of the molecule is COc1cc(N2CCC(N3CCN(C)CC3)CC2)c(C(C)(F)F)cc1Nc1ncc(Cl)c(Nc2ccc(C)c(C)c2P(C)(C)=O)n1. The third kappa shape index (κ3) is 7.59. The van der Waals surface area contributed by atoms with Gasteiger partial charge >= 0.3 is 0 Å². The van der Waals surface area contributed by atoms with Gasteiger partial charge in [-0.15, -0.1) is 0 Å². The molecule has 0 atom stereocenters. The van der Waals surface area contributed by atoms with Crippen molar-refractivity contribution in [2.75, 3.05) is 82.3 Å². The van der Waals surface area contributed by atoms with E-state index in [0.717, 1.165) is 62.4 Å². The number of alkyl halides is 2. The molecule has 2 aromatic carbocycles. The minimum Gasteiger partial charge on any atom is -0.494 e. The highest BCUT2D eigenvalue weighted by atomic mass is 35.5. The molecule has 0 aliphatic carbocycles. The van der Waals surface area contributed by atoms with E-state index in [9.17, 15) is 4.57 Å². The molecule has 0 amide bonds. The summed E-state index contributed by atoms with van der Waals surface area (Å²) in [5.41, 5.74) is 3.28. The molecule has 2 aliphatic rings. The average molecular weight is 676 g/mol. The van der Waals surface area contributed by atoms with Crippen molar-refractivity contribution in [3.8, 4) is 5.75 Å². The molecule has 0 spiro atoms. The van der Waals surface area contributed by atoms with Crippen LogP contribution in [0.1, 0.15) is 36.5 Å². The molecule has 0 bridgehead atoms. The van der Waals surface area contributed by atoms with Crippen LogP contribution in [0.25, 0.3) is 0 Å². The van der Waals surface area contributed by atoms with Crippen molar-refractivity contribution in [3.63, 3.8) is 0 Å². The van der Waals surface area contributed by atoms with Crippen molar-refractivity contribution in [1.29, 1.82) is 0 Å². The van der Waals surface area contributed by atoms with E-state index < -0.39 is 13.1 Å². The van der Waals surface area contributed by atoms with Crippen LogP contribution >= 0.6 is 18.7 Å². The van der Waals surface area contributed by atoms with E-state index in [0.29, 0.717) is 41.9 Å². The van der Waals surface area contributed by atoms with E-state index in [1.54, 1.807) is 19.4 Å². The van der Waals surface area contributed by atoms with Crippen molar-refractivity contribution in [2.45, 2.75) is 45.6 Å². The molecular formula is C33H45ClF2N7O2P. The first kappa shape index (κ1) is 34.4. The van der Waals surface area contributed by atoms with Crippen LogP contribution in [0.5, 0.6) is 5.75 Å². The normalized spacial score (nSPS) is 17.3. The first-order valence-corrected chi connectivity index (χ1v) is 18.6. The van der Waals surface area contributed by atoms with Gasteiger partial charge in [0.1, 0.15) is 17.9 Å². The smallest absolute Gasteiger partial charge is 0.272 e. The number of hydrogen-bond acceptors (Lipinski definition) is 9. The van der Waals surface area contributed by atoms with Crippen molar-refractivity contribution in [3.05, 3.63) is 52.2 Å². The van der Waals surface area contributed by atoms with Crippen LogP contribution in [0.3, 0.4) is 0 Å². The van der Waals surface area contributed by atoms with Gasteiger partial charge in [-0.05, 0) is 70.3 Å². The minimum absolute atomic E-state index is 0.0948. The number of aromatic nitrogens is 2. The quantitative estimate of drug-likeness (QED) is 0.238. The second-order valence-electron chi connectivity index (χ2n) is 12.9. The van der Waals surface area contributed by atoms with E-state index in [1.165, 1.54) is 19.4 Å². The predicted octanol–water partition coefficient (Wildman–Crippen LogP) is 6.82. The van der Waals surface area contributed by atoms with Gasteiger partial charge < -0.3 is 29.7 Å². The van der Waals surface area contributed by atoms with Gasteiger partial charge in [0, 0.05) is 74.9 Å². The second kappa shape index (κ2) is 13.6. The number of piperazine rings is 1. The zero-order chi connectivity index (χ0) is 33.4. The maximum Gasteiger partial charge on any atom is 0.272 e. The van der Waals surface area contributed by atoms with Crippen LogP contribution in [0.2, 0.25) is 5.02 Å². The second-order valence-corrected chi connectivity index (χ2v) is 16.5. The van der Waals surface area contributed by atoms with E-state index >= 15 is 8.78 Å². The fourth-order valence-corrected chi connectivity index (χ4v) is 8.30. The van der Waals surface area contributed by atoms with Crippen LogP contribution in [-0.2, 0) is 10.5 Å². The lowest BCUT2D eigenvalue weighted by atomic mass is 9.98. The fraction of sp³-hybridized carbons (Fsp3) is 0.515. The summed E-state index contributed by atoms with van der Waals surface area (Å²) in [4.78, 5) is 15.8. The van der Waals surface area contributed by atoms with Gasteiger partial charge in [-0.1, -0.05) is 17.7 Å². The van der Waals surface area contributed by atoms with Crippen LogP contribution in [-0.4, -0.2) is 92.6 Å². The Kier molecular flexibility index (Phi) is 10.2. The molecule has 0 saturated carbocycles. The first-order valence-electron chi connectivity index (χ1n) is 15.7. The number of nitrogens with zero attached hydrogens (tertiary/aromatic N) is 5. The summed E-state index contributed by atoms with van der Waals surface area (Å²) in [5, 5.41) is 7.27. The molecule has 13 heteroatoms. The fourth-order valence-electron chi connectivity index (χ4n) is 6.47. The molecule has 2 fully saturated rings. The Morgan fingerprint density at radius 2 is 1.70 bits per heavy atom. The molecule has 0 unspecified atom stereocenters. The number of anilines is 5. The lowest BCUT2D eigenvalue weighted by molar-refractivity contribution is 0.0178. The van der Waals surface area contributed by atoms with Crippen LogP contribution in [0, 0.1) is 13.8 Å². The van der Waals surface area contributed by atoms with Crippen molar-refractivity contribution in [2.24, 2.45) is 0 Å². The maximum atomic E-state index is 15.2. The highest BCUT2D eigenvalue weighted by molar-refractivity contribution is 7.70. The Morgan fingerprint density at radius 3 is 2.30 bits per heavy atom. The van der Waals surface area contributed by atoms with Crippen LogP contribution in [0.4, 0.5) is 37.6 Å². The molecule has 1 aromatic heterocycles. The molecule has 46 heavy (non-hydrogen) atoms. The Hall–Kier alpha value is -2.98. The Labute approximate surface area is 276 Å². The lowest BCUT2D eigenvalue weighted by Gasteiger charge is -2.43. The zero-order valence-electron chi connectivity index (χ0n) is 27.8. The number of likely N-dealkylation sites (N-methyl/N-ethyl adjacent to an activating group) is 1. The molecule has 9 nitrogen and oxygen atoms in total. The number of aryl methyl sites for hydroxylation is 1. The molecule has 5 rings (SSSR count). The van der Waals surface area contributed by atoms with Crippen molar-refractivity contribution < 1.29 is 18.1 Å². The first-order chi connectivity index (χ1) is 21.7. The van der Waals surface area contributed by atoms with Crippen molar-refractivity contribution in [1.82, 2.24) is 19.8 Å². The van der Waals surface area contributed by atoms with E-state index in [2.05, 4.69) is 37.4 Å². The highest BCUT2D eigenvalue weighted by Gasteiger charge is 2.34. The summed E-state index contributed by atoms with van der Waals surface area (Å²) in [5.74, 6) is -2.28. The number of ether oxygens (including phenoxy) is 1. The summed E-state index contributed by atoms with van der Waals surface area (Å²) >= 11 is 6.48. The van der Waals surface area contributed by atoms with Gasteiger partial charge in [0.05, 0.1) is 24.7 Å². The molecule has 2 saturated heterocycles. The standard InChI is InChI=1S/C33H45ClF2N7O2P/c1-21-8-9-26(30(22(21)2)46(6,7)44)38-31-25(34)20-37-32(40-31)39-27-18-24(33(3,35)36)28(19-29(27)45-5)43-12-10-23(11-13-43)42-16-14-41(4)15-17-42/h8-9,18-20,23H,10-17H2,1-7H3,(H2,37,38,39,40). The van der Waals surface area contributed by atoms with Gasteiger partial charge in [-0.25, -0.2) is 13.8 Å². The third-order valence-electron chi connectivity index (χ3n) is 9.13. The monoisotopic (exact) mass is 675 g/mol. The van der Waals surface area contributed by atoms with Gasteiger partial charge in [0.25, 0.3) is 5.92 Å². The number of halogens is 3. The predicted molar refractivity (Wildman–Crippen MR) is 185 cm³/mol. The molecule has 2 N–H and O–H groups in total. The summed E-state index contributed by atoms with van der Waals surface area (Å²) in [6, 6.07) is 7.37. The zero-order valence-corrected chi connectivity index (χ0v) is 29.4. The Balaban J connectivity index is 1.41.